The molecule has 2 rings (SSSR count). The fourth-order valence-corrected chi connectivity index (χ4v) is 2.60. The second-order valence-electron chi connectivity index (χ2n) is 4.71. The SMILES string of the molecule is CCOC(=O)c1cnc([C@@H](C)NC(=O)OCc2ccccc2)s1. The molecule has 122 valence electrons. The summed E-state index contributed by atoms with van der Waals surface area (Å²) in [5, 5.41) is 3.30. The molecule has 0 aliphatic heterocycles. The summed E-state index contributed by atoms with van der Waals surface area (Å²) in [6.07, 6.45) is 0.917. The predicted molar refractivity (Wildman–Crippen MR) is 86.2 cm³/mol. The third kappa shape index (κ3) is 5.07. The van der Waals surface area contributed by atoms with E-state index in [1.165, 1.54) is 17.5 Å². The fourth-order valence-electron chi connectivity index (χ4n) is 1.79. The van der Waals surface area contributed by atoms with Crippen LogP contribution in [0, 0.1) is 0 Å². The summed E-state index contributed by atoms with van der Waals surface area (Å²) in [5.74, 6) is -0.407. The van der Waals surface area contributed by atoms with Crippen molar-refractivity contribution in [2.75, 3.05) is 6.61 Å². The standard InChI is InChI=1S/C16H18N2O4S/c1-3-21-15(19)13-9-17-14(23-13)11(2)18-16(20)22-10-12-7-5-4-6-8-12/h4-9,11H,3,10H2,1-2H3,(H,18,20)/t11-/m1/s1. The van der Waals surface area contributed by atoms with E-state index in [0.717, 1.165) is 5.56 Å². The Bertz CT molecular complexity index is 657. The van der Waals surface area contributed by atoms with Crippen molar-refractivity contribution in [3.05, 3.63) is 52.0 Å². The van der Waals surface area contributed by atoms with Gasteiger partial charge in [-0.2, -0.15) is 0 Å². The maximum absolute atomic E-state index is 11.8. The average molecular weight is 334 g/mol. The Morgan fingerprint density at radius 1 is 1.26 bits per heavy atom. The third-order valence-corrected chi connectivity index (χ3v) is 4.08. The smallest absolute Gasteiger partial charge is 0.408 e. The third-order valence-electron chi connectivity index (χ3n) is 2.92. The van der Waals surface area contributed by atoms with E-state index in [-0.39, 0.29) is 12.6 Å². The van der Waals surface area contributed by atoms with Crippen molar-refractivity contribution < 1.29 is 19.1 Å². The number of esters is 1. The van der Waals surface area contributed by atoms with E-state index in [1.54, 1.807) is 13.8 Å². The summed E-state index contributed by atoms with van der Waals surface area (Å²) >= 11 is 1.19. The number of rotatable bonds is 6. The number of hydrogen-bond acceptors (Lipinski definition) is 6. The Hall–Kier alpha value is -2.41. The van der Waals surface area contributed by atoms with Crippen molar-refractivity contribution in [2.45, 2.75) is 26.5 Å². The molecule has 0 aliphatic carbocycles. The molecule has 0 spiro atoms. The molecule has 2 aromatic rings. The maximum atomic E-state index is 11.8. The van der Waals surface area contributed by atoms with E-state index >= 15 is 0 Å². The lowest BCUT2D eigenvalue weighted by atomic mass is 10.2. The molecule has 6 nitrogen and oxygen atoms in total. The van der Waals surface area contributed by atoms with Gasteiger partial charge >= 0.3 is 12.1 Å². The van der Waals surface area contributed by atoms with Gasteiger partial charge in [-0.3, -0.25) is 0 Å². The molecule has 0 bridgehead atoms. The van der Waals surface area contributed by atoms with Crippen molar-refractivity contribution in [2.24, 2.45) is 0 Å². The van der Waals surface area contributed by atoms with Crippen LogP contribution in [0.1, 0.15) is 40.1 Å². The second-order valence-corrected chi connectivity index (χ2v) is 5.77. The fraction of sp³-hybridized carbons (Fsp3) is 0.312. The van der Waals surface area contributed by atoms with Gasteiger partial charge in [-0.15, -0.1) is 11.3 Å². The summed E-state index contributed by atoms with van der Waals surface area (Å²) in [5.41, 5.74) is 0.911. The number of nitrogens with zero attached hydrogens (tertiary/aromatic N) is 1. The first kappa shape index (κ1) is 17.0. The number of hydrogen-bond donors (Lipinski definition) is 1. The van der Waals surface area contributed by atoms with Crippen LogP contribution in [0.5, 0.6) is 0 Å². The van der Waals surface area contributed by atoms with Crippen LogP contribution in [0.3, 0.4) is 0 Å². The Labute approximate surface area is 138 Å². The molecule has 7 heteroatoms. The molecule has 0 fully saturated rings. The van der Waals surface area contributed by atoms with Crippen LogP contribution in [-0.2, 0) is 16.1 Å². The number of benzene rings is 1. The first-order chi connectivity index (χ1) is 11.1. The quantitative estimate of drug-likeness (QED) is 0.820. The second kappa shape index (κ2) is 8.28. The lowest BCUT2D eigenvalue weighted by Gasteiger charge is -2.11. The Morgan fingerprint density at radius 3 is 2.70 bits per heavy atom. The van der Waals surface area contributed by atoms with Crippen molar-refractivity contribution in [1.82, 2.24) is 10.3 Å². The molecule has 23 heavy (non-hydrogen) atoms. The molecular weight excluding hydrogens is 316 g/mol. The number of nitrogens with one attached hydrogen (secondary N) is 1. The average Bonchev–Trinajstić information content (AvgIpc) is 3.04. The molecule has 1 aromatic heterocycles. The first-order valence-electron chi connectivity index (χ1n) is 7.20. The molecule has 1 heterocycles. The van der Waals surface area contributed by atoms with Crippen LogP contribution in [0.4, 0.5) is 4.79 Å². The highest BCUT2D eigenvalue weighted by atomic mass is 32.1. The molecule has 1 amide bonds. The van der Waals surface area contributed by atoms with Crippen molar-refractivity contribution >= 4 is 23.4 Å². The molecule has 0 radical (unpaired) electrons. The molecule has 0 saturated carbocycles. The van der Waals surface area contributed by atoms with E-state index in [1.807, 2.05) is 30.3 Å². The van der Waals surface area contributed by atoms with Gasteiger partial charge in [0.25, 0.3) is 0 Å². The monoisotopic (exact) mass is 334 g/mol. The van der Waals surface area contributed by atoms with Gasteiger partial charge in [0.2, 0.25) is 0 Å². The zero-order valence-corrected chi connectivity index (χ0v) is 13.8. The molecule has 1 N–H and O–H groups in total. The van der Waals surface area contributed by atoms with E-state index in [0.29, 0.717) is 16.5 Å². The molecule has 1 aromatic carbocycles. The molecule has 1 atom stereocenters. The minimum atomic E-state index is -0.533. The molecule has 0 unspecified atom stereocenters. The van der Waals surface area contributed by atoms with Crippen LogP contribution in [-0.4, -0.2) is 23.7 Å². The number of aromatic nitrogens is 1. The minimum Gasteiger partial charge on any atom is -0.462 e. The van der Waals surface area contributed by atoms with Crippen molar-refractivity contribution in [1.29, 1.82) is 0 Å². The van der Waals surface area contributed by atoms with Crippen molar-refractivity contribution in [3.8, 4) is 0 Å². The largest absolute Gasteiger partial charge is 0.462 e. The first-order valence-corrected chi connectivity index (χ1v) is 8.02. The van der Waals surface area contributed by atoms with Gasteiger partial charge in [-0.05, 0) is 19.4 Å². The summed E-state index contributed by atoms with van der Waals surface area (Å²) < 4.78 is 10.1. The normalized spacial score (nSPS) is 11.6. The number of amides is 1. The predicted octanol–water partition coefficient (Wildman–Crippen LogP) is 3.31. The van der Waals surface area contributed by atoms with Gasteiger partial charge in [0, 0.05) is 0 Å². The number of carbonyl (C=O) groups excluding carboxylic acids is 2. The van der Waals surface area contributed by atoms with E-state index in [9.17, 15) is 9.59 Å². The highest BCUT2D eigenvalue weighted by Crippen LogP contribution is 2.20. The van der Waals surface area contributed by atoms with Crippen LogP contribution in [0.2, 0.25) is 0 Å². The highest BCUT2D eigenvalue weighted by Gasteiger charge is 2.17. The minimum absolute atomic E-state index is 0.200. The van der Waals surface area contributed by atoms with Crippen LogP contribution < -0.4 is 5.32 Å². The summed E-state index contributed by atoms with van der Waals surface area (Å²) in [6.45, 7) is 4.03. The number of thiazole rings is 1. The van der Waals surface area contributed by atoms with E-state index in [2.05, 4.69) is 10.3 Å². The zero-order valence-electron chi connectivity index (χ0n) is 12.9. The highest BCUT2D eigenvalue weighted by molar-refractivity contribution is 7.13. The van der Waals surface area contributed by atoms with Crippen molar-refractivity contribution in [3.63, 3.8) is 0 Å². The molecular formula is C16H18N2O4S. The van der Waals surface area contributed by atoms with Crippen LogP contribution in [0.25, 0.3) is 0 Å². The Balaban J connectivity index is 1.85. The Kier molecular flexibility index (Phi) is 6.10. The number of carbonyl (C=O) groups is 2. The topological polar surface area (TPSA) is 77.5 Å². The summed E-state index contributed by atoms with van der Waals surface area (Å²) in [7, 11) is 0. The summed E-state index contributed by atoms with van der Waals surface area (Å²) in [4.78, 5) is 27.9. The Morgan fingerprint density at radius 2 is 2.00 bits per heavy atom. The number of ether oxygens (including phenoxy) is 2. The molecule has 0 aliphatic rings. The lowest BCUT2D eigenvalue weighted by molar-refractivity contribution is 0.0531. The van der Waals surface area contributed by atoms with Gasteiger partial charge in [0.15, 0.2) is 0 Å². The molecule has 0 saturated heterocycles. The lowest BCUT2D eigenvalue weighted by Crippen LogP contribution is -2.27. The van der Waals surface area contributed by atoms with Crippen LogP contribution in [0.15, 0.2) is 36.5 Å². The maximum Gasteiger partial charge on any atom is 0.408 e. The van der Waals surface area contributed by atoms with Gasteiger partial charge < -0.3 is 14.8 Å². The zero-order chi connectivity index (χ0) is 16.7. The van der Waals surface area contributed by atoms with Crippen LogP contribution >= 0.6 is 11.3 Å². The van der Waals surface area contributed by atoms with Gasteiger partial charge in [0.05, 0.1) is 18.8 Å². The van der Waals surface area contributed by atoms with Gasteiger partial charge in [0.1, 0.15) is 16.5 Å². The van der Waals surface area contributed by atoms with Gasteiger partial charge in [-0.25, -0.2) is 14.6 Å². The van der Waals surface area contributed by atoms with E-state index < -0.39 is 12.1 Å². The number of alkyl carbamates (subject to hydrolysis) is 1. The summed E-state index contributed by atoms with van der Waals surface area (Å²) in [6, 6.07) is 9.06. The van der Waals surface area contributed by atoms with E-state index in [4.69, 9.17) is 9.47 Å². The van der Waals surface area contributed by atoms with Gasteiger partial charge in [-0.1, -0.05) is 30.3 Å².